The summed E-state index contributed by atoms with van der Waals surface area (Å²) >= 11 is 0. The fourth-order valence-corrected chi connectivity index (χ4v) is 4.06. The monoisotopic (exact) mass is 399 g/mol. The normalized spacial score (nSPS) is 14.1. The maximum Gasteiger partial charge on any atom is 0.192 e. The zero-order chi connectivity index (χ0) is 20.9. The Morgan fingerprint density at radius 3 is 1.68 bits per heavy atom. The van der Waals surface area contributed by atoms with Crippen molar-refractivity contribution < 1.29 is 9.63 Å². The van der Waals surface area contributed by atoms with Crippen molar-refractivity contribution in [1.82, 2.24) is 5.06 Å². The van der Waals surface area contributed by atoms with Crippen LogP contribution in [0.2, 0.25) is 18.1 Å². The molecule has 0 aliphatic carbocycles. The van der Waals surface area contributed by atoms with Crippen molar-refractivity contribution in [1.29, 1.82) is 0 Å². The van der Waals surface area contributed by atoms with Crippen molar-refractivity contribution in [2.45, 2.75) is 64.8 Å². The van der Waals surface area contributed by atoms with Crippen molar-refractivity contribution in [3.8, 4) is 0 Å². The molecule has 2 rings (SSSR count). The van der Waals surface area contributed by atoms with Crippen LogP contribution in [0.1, 0.15) is 51.8 Å². The van der Waals surface area contributed by atoms with Crippen molar-refractivity contribution >= 4 is 8.32 Å². The summed E-state index contributed by atoms with van der Waals surface area (Å²) in [7, 11) is -1.89. The van der Waals surface area contributed by atoms with Crippen molar-refractivity contribution in [3.05, 3.63) is 71.8 Å². The van der Waals surface area contributed by atoms with E-state index >= 15 is 0 Å². The Kier molecular flexibility index (Phi) is 7.63. The quantitative estimate of drug-likeness (QED) is 0.405. The smallest absolute Gasteiger partial charge is 0.192 e. The van der Waals surface area contributed by atoms with Gasteiger partial charge in [-0.15, -0.1) is 0 Å². The molecule has 1 N–H and O–H groups in total. The third-order valence-electron chi connectivity index (χ3n) is 6.03. The molecule has 0 fully saturated rings. The van der Waals surface area contributed by atoms with E-state index in [1.165, 1.54) is 5.06 Å². The van der Waals surface area contributed by atoms with Gasteiger partial charge in [0, 0.05) is 0 Å². The van der Waals surface area contributed by atoms with Gasteiger partial charge in [0.25, 0.3) is 0 Å². The Balaban J connectivity index is 2.33. The molecule has 28 heavy (non-hydrogen) atoms. The Bertz CT molecular complexity index is 671. The molecule has 0 radical (unpaired) electrons. The summed E-state index contributed by atoms with van der Waals surface area (Å²) in [4.78, 5) is 0. The van der Waals surface area contributed by atoms with Crippen LogP contribution in [0.4, 0.5) is 0 Å². The van der Waals surface area contributed by atoms with Gasteiger partial charge in [-0.3, -0.25) is 0 Å². The molecule has 0 aromatic heterocycles. The zero-order valence-corrected chi connectivity index (χ0v) is 19.5. The first kappa shape index (κ1) is 22.8. The summed E-state index contributed by atoms with van der Waals surface area (Å²) in [6.45, 7) is 16.1. The molecule has 3 nitrogen and oxygen atoms in total. The molecule has 0 unspecified atom stereocenters. The molecule has 0 amide bonds. The lowest BCUT2D eigenvalue weighted by Crippen LogP contribution is -2.48. The first-order valence-electron chi connectivity index (χ1n) is 10.3. The molecule has 0 spiro atoms. The Morgan fingerprint density at radius 2 is 1.32 bits per heavy atom. The lowest BCUT2D eigenvalue weighted by molar-refractivity contribution is -0.170. The van der Waals surface area contributed by atoms with Crippen LogP contribution in [-0.4, -0.2) is 31.2 Å². The fourth-order valence-electron chi connectivity index (χ4n) is 3.04. The van der Waals surface area contributed by atoms with Crippen LogP contribution in [0, 0.1) is 5.92 Å². The summed E-state index contributed by atoms with van der Waals surface area (Å²) in [6, 6.07) is 20.1. The van der Waals surface area contributed by atoms with Gasteiger partial charge in [-0.2, -0.15) is 5.06 Å². The Labute approximate surface area is 172 Å². The first-order chi connectivity index (χ1) is 13.0. The fraction of sp³-hybridized carbons (Fsp3) is 0.500. The summed E-state index contributed by atoms with van der Waals surface area (Å²) in [5, 5.41) is 13.1. The minimum absolute atomic E-state index is 0.0977. The predicted molar refractivity (Wildman–Crippen MR) is 120 cm³/mol. The number of hydroxylamine groups is 2. The highest BCUT2D eigenvalue weighted by atomic mass is 28.4. The van der Waals surface area contributed by atoms with Gasteiger partial charge in [0.05, 0.1) is 18.7 Å². The van der Waals surface area contributed by atoms with Crippen LogP contribution in [0.3, 0.4) is 0 Å². The molecule has 0 bridgehead atoms. The SMILES string of the molecule is CC(C)[C@@H](CO[Si](C)(C)C(C)(C)C)N(O)C(c1ccccc1)c1ccccc1. The second-order valence-corrected chi connectivity index (χ2v) is 14.3. The van der Waals surface area contributed by atoms with Crippen LogP contribution >= 0.6 is 0 Å². The number of hydrogen-bond donors (Lipinski definition) is 1. The average Bonchev–Trinajstić information content (AvgIpc) is 2.62. The summed E-state index contributed by atoms with van der Waals surface area (Å²) in [5.74, 6) is 0.254. The van der Waals surface area contributed by atoms with Crippen molar-refractivity contribution in [3.63, 3.8) is 0 Å². The second kappa shape index (κ2) is 9.36. The maximum atomic E-state index is 11.4. The van der Waals surface area contributed by atoms with E-state index in [0.717, 1.165) is 11.1 Å². The summed E-state index contributed by atoms with van der Waals surface area (Å²) in [6.07, 6.45) is 0. The molecule has 0 saturated carbocycles. The van der Waals surface area contributed by atoms with Gasteiger partial charge >= 0.3 is 0 Å². The number of rotatable bonds is 8. The Hall–Kier alpha value is -1.46. The first-order valence-corrected chi connectivity index (χ1v) is 13.2. The second-order valence-electron chi connectivity index (χ2n) is 9.49. The van der Waals surface area contributed by atoms with E-state index in [0.29, 0.717) is 6.61 Å². The highest BCUT2D eigenvalue weighted by Gasteiger charge is 2.39. The number of nitrogens with zero attached hydrogens (tertiary/aromatic N) is 1. The molecule has 1 atom stereocenters. The molecule has 154 valence electrons. The van der Waals surface area contributed by atoms with Crippen molar-refractivity contribution in [2.75, 3.05) is 6.61 Å². The molecule has 2 aromatic rings. The summed E-state index contributed by atoms with van der Waals surface area (Å²) < 4.78 is 6.50. The largest absolute Gasteiger partial charge is 0.415 e. The van der Waals surface area contributed by atoms with Crippen LogP contribution in [0.25, 0.3) is 0 Å². The number of benzene rings is 2. The van der Waals surface area contributed by atoms with Crippen LogP contribution in [0.5, 0.6) is 0 Å². The Morgan fingerprint density at radius 1 is 0.893 bits per heavy atom. The highest BCUT2D eigenvalue weighted by Crippen LogP contribution is 2.37. The van der Waals surface area contributed by atoms with Gasteiger partial charge in [-0.05, 0) is 35.2 Å². The van der Waals surface area contributed by atoms with Crippen LogP contribution in [-0.2, 0) is 4.43 Å². The molecule has 0 aliphatic rings. The van der Waals surface area contributed by atoms with Gasteiger partial charge in [0.1, 0.15) is 0 Å². The van der Waals surface area contributed by atoms with Crippen LogP contribution < -0.4 is 0 Å². The maximum absolute atomic E-state index is 11.4. The average molecular weight is 400 g/mol. The van der Waals surface area contributed by atoms with E-state index in [2.05, 4.69) is 72.0 Å². The standard InChI is InChI=1S/C24H37NO2Si/c1-19(2)22(18-27-28(6,7)24(3,4)5)25(26)23(20-14-10-8-11-15-20)21-16-12-9-13-17-21/h8-17,19,22-23,26H,18H2,1-7H3/t22-/m1/s1. The molecule has 0 heterocycles. The molecule has 2 aromatic carbocycles. The lowest BCUT2D eigenvalue weighted by atomic mass is 9.95. The third kappa shape index (κ3) is 5.54. The molecular formula is C24H37NO2Si. The minimum Gasteiger partial charge on any atom is -0.415 e. The third-order valence-corrected chi connectivity index (χ3v) is 10.5. The van der Waals surface area contributed by atoms with E-state index in [-0.39, 0.29) is 23.0 Å². The summed E-state index contributed by atoms with van der Waals surface area (Å²) in [5.41, 5.74) is 2.16. The van der Waals surface area contributed by atoms with Gasteiger partial charge in [0.15, 0.2) is 8.32 Å². The topological polar surface area (TPSA) is 32.7 Å². The van der Waals surface area contributed by atoms with Crippen molar-refractivity contribution in [2.24, 2.45) is 5.92 Å². The molecule has 0 saturated heterocycles. The van der Waals surface area contributed by atoms with E-state index in [1.54, 1.807) is 0 Å². The van der Waals surface area contributed by atoms with Gasteiger partial charge in [-0.1, -0.05) is 95.3 Å². The molecule has 0 aliphatic heterocycles. The van der Waals surface area contributed by atoms with E-state index in [1.807, 2.05) is 36.4 Å². The zero-order valence-electron chi connectivity index (χ0n) is 18.5. The molecule has 4 heteroatoms. The van der Waals surface area contributed by atoms with Gasteiger partial charge < -0.3 is 9.63 Å². The van der Waals surface area contributed by atoms with E-state index < -0.39 is 8.32 Å². The minimum atomic E-state index is -1.89. The van der Waals surface area contributed by atoms with Gasteiger partial charge in [-0.25, -0.2) is 0 Å². The van der Waals surface area contributed by atoms with Gasteiger partial charge in [0.2, 0.25) is 0 Å². The predicted octanol–water partition coefficient (Wildman–Crippen LogP) is 6.51. The molecular weight excluding hydrogens is 362 g/mol. The lowest BCUT2D eigenvalue weighted by Gasteiger charge is -2.41. The van der Waals surface area contributed by atoms with Crippen LogP contribution in [0.15, 0.2) is 60.7 Å². The number of hydrogen-bond acceptors (Lipinski definition) is 3. The van der Waals surface area contributed by atoms with E-state index in [9.17, 15) is 5.21 Å². The highest BCUT2D eigenvalue weighted by molar-refractivity contribution is 6.74. The van der Waals surface area contributed by atoms with E-state index in [4.69, 9.17) is 4.43 Å².